The Morgan fingerprint density at radius 1 is 1.06 bits per heavy atom. The Balaban J connectivity index is 1.83. The zero-order chi connectivity index (χ0) is 25.8. The highest BCUT2D eigenvalue weighted by molar-refractivity contribution is 6.67. The highest BCUT2D eigenvalue weighted by Crippen LogP contribution is 2.35. The third kappa shape index (κ3) is 7.44. The molecule has 0 bridgehead atoms. The van der Waals surface area contributed by atoms with Crippen LogP contribution in [0.15, 0.2) is 35.3 Å². The minimum Gasteiger partial charge on any atom is -0.456 e. The number of fused-ring (bicyclic) bond motifs is 1. The minimum absolute atomic E-state index is 0.000103. The summed E-state index contributed by atoms with van der Waals surface area (Å²) in [4.78, 5) is 42.3. The van der Waals surface area contributed by atoms with E-state index in [0.29, 0.717) is 0 Å². The van der Waals surface area contributed by atoms with Crippen molar-refractivity contribution in [2.24, 2.45) is 4.99 Å². The summed E-state index contributed by atoms with van der Waals surface area (Å²) in [5.41, 5.74) is 0.930. The van der Waals surface area contributed by atoms with E-state index in [4.69, 9.17) is 58.5 Å². The van der Waals surface area contributed by atoms with Gasteiger partial charge < -0.3 is 23.7 Å². The van der Waals surface area contributed by atoms with Crippen molar-refractivity contribution in [1.29, 1.82) is 0 Å². The molecule has 2 aliphatic heterocycles. The summed E-state index contributed by atoms with van der Waals surface area (Å²) in [5.74, 6) is -1.07. The number of hydrogen-bond acceptors (Lipinski definition) is 9. The maximum absolute atomic E-state index is 12.8. The Bertz CT molecular complexity index is 956. The molecule has 35 heavy (non-hydrogen) atoms. The van der Waals surface area contributed by atoms with Crippen LogP contribution in [0.3, 0.4) is 0 Å². The highest BCUT2D eigenvalue weighted by atomic mass is 35.6. The number of alkyl halides is 3. The van der Waals surface area contributed by atoms with Crippen LogP contribution in [0, 0.1) is 0 Å². The number of amides is 1. The van der Waals surface area contributed by atoms with E-state index in [2.05, 4.69) is 4.99 Å². The number of benzene rings is 1. The Hall–Kier alpha value is -2.11. The third-order valence-electron chi connectivity index (χ3n) is 5.15. The fourth-order valence-corrected chi connectivity index (χ4v) is 4.04. The van der Waals surface area contributed by atoms with Crippen molar-refractivity contribution < 1.29 is 38.1 Å². The Morgan fingerprint density at radius 2 is 1.69 bits per heavy atom. The van der Waals surface area contributed by atoms with Crippen LogP contribution in [0.5, 0.6) is 0 Å². The number of halogens is 3. The van der Waals surface area contributed by atoms with Gasteiger partial charge in [-0.1, -0.05) is 65.1 Å². The van der Waals surface area contributed by atoms with Crippen molar-refractivity contribution in [3.8, 4) is 0 Å². The van der Waals surface area contributed by atoms with E-state index in [0.717, 1.165) is 10.5 Å². The van der Waals surface area contributed by atoms with Crippen molar-refractivity contribution in [3.63, 3.8) is 0 Å². The number of amidine groups is 1. The van der Waals surface area contributed by atoms with Gasteiger partial charge in [0.1, 0.15) is 24.6 Å². The van der Waals surface area contributed by atoms with Crippen LogP contribution in [-0.2, 0) is 39.9 Å². The molecule has 0 radical (unpaired) electrons. The number of ether oxygens (including phenoxy) is 5. The molecule has 5 atom stereocenters. The lowest BCUT2D eigenvalue weighted by Gasteiger charge is -2.44. The smallest absolute Gasteiger partial charge is 0.415 e. The molecule has 10 nitrogen and oxygen atoms in total. The van der Waals surface area contributed by atoms with E-state index < -0.39 is 59.0 Å². The number of rotatable bonds is 7. The molecule has 0 spiro atoms. The molecule has 1 fully saturated rings. The number of nitrogens with zero attached hydrogens (tertiary/aromatic N) is 2. The number of carbonyl (C=O) groups excluding carboxylic acids is 3. The van der Waals surface area contributed by atoms with Crippen molar-refractivity contribution in [3.05, 3.63) is 35.9 Å². The largest absolute Gasteiger partial charge is 0.456 e. The van der Waals surface area contributed by atoms with Crippen LogP contribution in [0.2, 0.25) is 0 Å². The minimum atomic E-state index is -1.83. The molecule has 1 aromatic carbocycles. The highest BCUT2D eigenvalue weighted by Gasteiger charge is 2.56. The number of esters is 2. The van der Waals surface area contributed by atoms with Gasteiger partial charge in [-0.3, -0.25) is 14.5 Å². The molecule has 0 N–H and O–H groups in total. The molecule has 3 rings (SSSR count). The van der Waals surface area contributed by atoms with Crippen LogP contribution in [0.1, 0.15) is 26.3 Å². The van der Waals surface area contributed by atoms with Gasteiger partial charge in [0.2, 0.25) is 3.79 Å². The lowest BCUT2D eigenvalue weighted by molar-refractivity contribution is -0.226. The van der Waals surface area contributed by atoms with Gasteiger partial charge in [0, 0.05) is 13.8 Å². The number of aliphatic imine (C=N–C) groups is 1. The first-order chi connectivity index (χ1) is 16.5. The van der Waals surface area contributed by atoms with Gasteiger partial charge in [-0.2, -0.15) is 0 Å². The van der Waals surface area contributed by atoms with Gasteiger partial charge in [-0.05, 0) is 12.5 Å². The summed E-state index contributed by atoms with van der Waals surface area (Å²) >= 11 is 17.1. The van der Waals surface area contributed by atoms with E-state index in [9.17, 15) is 14.4 Å². The van der Waals surface area contributed by atoms with Crippen LogP contribution < -0.4 is 0 Å². The predicted molar refractivity (Wildman–Crippen MR) is 126 cm³/mol. The van der Waals surface area contributed by atoms with Gasteiger partial charge in [-0.15, -0.1) is 0 Å². The molecule has 0 unspecified atom stereocenters. The summed E-state index contributed by atoms with van der Waals surface area (Å²) in [7, 11) is 0. The molecule has 2 aliphatic rings. The van der Waals surface area contributed by atoms with E-state index in [1.54, 1.807) is 6.92 Å². The molecule has 1 saturated heterocycles. The Kier molecular flexibility index (Phi) is 9.22. The fraction of sp³-hybridized carbons (Fsp3) is 0.545. The van der Waals surface area contributed by atoms with E-state index in [1.165, 1.54) is 13.8 Å². The second kappa shape index (κ2) is 11.7. The standard InChI is InChI=1S/C22H25Cl3N2O8/c1-12-26-20-17(27(12)21(30)32-11-22(23,24)25)19(34-14(3)29)18(33-13(2)28)16(35-20)10-31-9-15-7-5-4-6-8-15/h4-8,16-20H,9-11H2,1-3H3/t16-,17-,18+,19-,20-/m1/s1. The van der Waals surface area contributed by atoms with Crippen LogP contribution in [-0.4, -0.2) is 76.4 Å². The summed E-state index contributed by atoms with van der Waals surface area (Å²) in [6.07, 6.45) is -4.93. The molecule has 192 valence electrons. The lowest BCUT2D eigenvalue weighted by Crippen LogP contribution is -2.64. The molecule has 13 heteroatoms. The Morgan fingerprint density at radius 3 is 2.29 bits per heavy atom. The van der Waals surface area contributed by atoms with Crippen LogP contribution in [0.4, 0.5) is 4.79 Å². The molecule has 0 aromatic heterocycles. The van der Waals surface area contributed by atoms with Gasteiger partial charge in [0.05, 0.1) is 13.2 Å². The fourth-order valence-electron chi connectivity index (χ4n) is 3.88. The molecular formula is C22H25Cl3N2O8. The molecule has 0 saturated carbocycles. The maximum atomic E-state index is 12.8. The van der Waals surface area contributed by atoms with E-state index >= 15 is 0 Å². The first kappa shape index (κ1) is 27.5. The second-order valence-corrected chi connectivity index (χ2v) is 10.4. The first-order valence-corrected chi connectivity index (χ1v) is 11.8. The Labute approximate surface area is 217 Å². The summed E-state index contributed by atoms with van der Waals surface area (Å²) in [5, 5.41) is 0. The topological polar surface area (TPSA) is 113 Å². The number of carbonyl (C=O) groups is 3. The SMILES string of the molecule is CC(=O)O[C@@H]1[C@H](OC(C)=O)[C@@H]2[C@H](N=C(C)N2C(=O)OCC(Cl)(Cl)Cl)O[C@@H]1COCc1ccccc1. The van der Waals surface area contributed by atoms with Crippen molar-refractivity contribution in [2.75, 3.05) is 13.2 Å². The van der Waals surface area contributed by atoms with Crippen molar-refractivity contribution >= 4 is 58.7 Å². The molecule has 1 aromatic rings. The van der Waals surface area contributed by atoms with Gasteiger partial charge in [-0.25, -0.2) is 9.79 Å². The molecule has 1 amide bonds. The van der Waals surface area contributed by atoms with Crippen LogP contribution in [0.25, 0.3) is 0 Å². The first-order valence-electron chi connectivity index (χ1n) is 10.6. The zero-order valence-electron chi connectivity index (χ0n) is 19.2. The quantitative estimate of drug-likeness (QED) is 0.288. The van der Waals surface area contributed by atoms with E-state index in [1.807, 2.05) is 30.3 Å². The molecule has 2 heterocycles. The zero-order valence-corrected chi connectivity index (χ0v) is 21.5. The van der Waals surface area contributed by atoms with Crippen molar-refractivity contribution in [1.82, 2.24) is 4.90 Å². The van der Waals surface area contributed by atoms with Gasteiger partial charge in [0.15, 0.2) is 18.4 Å². The normalized spacial score (nSPS) is 25.9. The summed E-state index contributed by atoms with van der Waals surface area (Å²) in [6, 6.07) is 8.45. The predicted octanol–water partition coefficient (Wildman–Crippen LogP) is 3.40. The third-order valence-corrected chi connectivity index (χ3v) is 5.48. The average molecular weight is 552 g/mol. The monoisotopic (exact) mass is 550 g/mol. The van der Waals surface area contributed by atoms with Crippen LogP contribution >= 0.6 is 34.8 Å². The number of hydrogen-bond donors (Lipinski definition) is 0. The van der Waals surface area contributed by atoms with Crippen molar-refractivity contribution in [2.45, 2.75) is 61.8 Å². The van der Waals surface area contributed by atoms with Gasteiger partial charge in [0.25, 0.3) is 0 Å². The summed E-state index contributed by atoms with van der Waals surface area (Å²) < 4.78 is 26.2. The maximum Gasteiger partial charge on any atom is 0.415 e. The molecular weight excluding hydrogens is 527 g/mol. The second-order valence-electron chi connectivity index (χ2n) is 7.92. The molecule has 0 aliphatic carbocycles. The van der Waals surface area contributed by atoms with Gasteiger partial charge >= 0.3 is 18.0 Å². The average Bonchev–Trinajstić information content (AvgIpc) is 3.09. The lowest BCUT2D eigenvalue weighted by atomic mass is 9.95. The van der Waals surface area contributed by atoms with E-state index in [-0.39, 0.29) is 19.0 Å². The summed E-state index contributed by atoms with van der Waals surface area (Å²) in [6.45, 7) is 3.70.